The predicted molar refractivity (Wildman–Crippen MR) is 66.1 cm³/mol. The molecule has 1 fully saturated rings. The lowest BCUT2D eigenvalue weighted by molar-refractivity contribution is 0.393. The number of nitrogens with one attached hydrogen (secondary N) is 1. The molecule has 0 amide bonds. The van der Waals surface area contributed by atoms with Crippen LogP contribution in [0.1, 0.15) is 25.7 Å². The van der Waals surface area contributed by atoms with Gasteiger partial charge in [-0.15, -0.1) is 0 Å². The number of thioether (sulfide) groups is 1. The van der Waals surface area contributed by atoms with Gasteiger partial charge >= 0.3 is 0 Å². The van der Waals surface area contributed by atoms with E-state index in [4.69, 9.17) is 0 Å². The highest BCUT2D eigenvalue weighted by Crippen LogP contribution is 2.39. The first-order chi connectivity index (χ1) is 6.68. The SMILES string of the molecule is CSC1(CNCCN(C)C)CCCC1. The summed E-state index contributed by atoms with van der Waals surface area (Å²) in [4.78, 5) is 2.23. The van der Waals surface area contributed by atoms with Gasteiger partial charge in [0, 0.05) is 24.4 Å². The summed E-state index contributed by atoms with van der Waals surface area (Å²) in [6, 6.07) is 0. The summed E-state index contributed by atoms with van der Waals surface area (Å²) in [5, 5.41) is 3.59. The molecule has 0 radical (unpaired) electrons. The average molecular weight is 216 g/mol. The zero-order chi connectivity index (χ0) is 10.4. The summed E-state index contributed by atoms with van der Waals surface area (Å²) in [7, 11) is 4.25. The lowest BCUT2D eigenvalue weighted by Crippen LogP contribution is -2.38. The fraction of sp³-hybridized carbons (Fsp3) is 1.00. The van der Waals surface area contributed by atoms with E-state index in [9.17, 15) is 0 Å². The second kappa shape index (κ2) is 5.99. The Kier molecular flexibility index (Phi) is 5.28. The number of nitrogens with zero attached hydrogens (tertiary/aromatic N) is 1. The fourth-order valence-electron chi connectivity index (χ4n) is 2.09. The van der Waals surface area contributed by atoms with Crippen LogP contribution in [0.15, 0.2) is 0 Å². The molecule has 0 aliphatic heterocycles. The maximum Gasteiger partial charge on any atom is 0.0281 e. The van der Waals surface area contributed by atoms with E-state index < -0.39 is 0 Å². The highest BCUT2D eigenvalue weighted by Gasteiger charge is 2.32. The van der Waals surface area contributed by atoms with E-state index in [0.29, 0.717) is 4.75 Å². The summed E-state index contributed by atoms with van der Waals surface area (Å²) >= 11 is 2.06. The molecule has 3 heteroatoms. The highest BCUT2D eigenvalue weighted by molar-refractivity contribution is 8.00. The highest BCUT2D eigenvalue weighted by atomic mass is 32.2. The van der Waals surface area contributed by atoms with Crippen molar-refractivity contribution in [3.05, 3.63) is 0 Å². The topological polar surface area (TPSA) is 15.3 Å². The summed E-state index contributed by atoms with van der Waals surface area (Å²) in [5.41, 5.74) is 0. The molecule has 0 bridgehead atoms. The van der Waals surface area contributed by atoms with Crippen molar-refractivity contribution in [3.8, 4) is 0 Å². The number of likely N-dealkylation sites (N-methyl/N-ethyl adjacent to an activating group) is 1. The van der Waals surface area contributed by atoms with Gasteiger partial charge in [0.25, 0.3) is 0 Å². The Hall–Kier alpha value is 0.270. The zero-order valence-electron chi connectivity index (χ0n) is 9.81. The number of rotatable bonds is 6. The van der Waals surface area contributed by atoms with E-state index in [0.717, 1.165) is 13.1 Å². The Morgan fingerprint density at radius 3 is 2.43 bits per heavy atom. The van der Waals surface area contributed by atoms with Crippen molar-refractivity contribution in [2.45, 2.75) is 30.4 Å². The smallest absolute Gasteiger partial charge is 0.0281 e. The van der Waals surface area contributed by atoms with Crippen LogP contribution in [0.4, 0.5) is 0 Å². The normalized spacial score (nSPS) is 20.6. The number of hydrogen-bond donors (Lipinski definition) is 1. The number of hydrogen-bond acceptors (Lipinski definition) is 3. The molecule has 0 spiro atoms. The Balaban J connectivity index is 2.15. The molecule has 0 heterocycles. The van der Waals surface area contributed by atoms with Crippen LogP contribution in [-0.2, 0) is 0 Å². The van der Waals surface area contributed by atoms with E-state index in [1.807, 2.05) is 0 Å². The first-order valence-electron chi connectivity index (χ1n) is 5.59. The second-order valence-electron chi connectivity index (χ2n) is 4.57. The van der Waals surface area contributed by atoms with Gasteiger partial charge in [-0.3, -0.25) is 0 Å². The molecular weight excluding hydrogens is 192 g/mol. The van der Waals surface area contributed by atoms with Gasteiger partial charge in [-0.1, -0.05) is 12.8 Å². The molecular formula is C11H24N2S. The van der Waals surface area contributed by atoms with Gasteiger partial charge in [-0.2, -0.15) is 11.8 Å². The third kappa shape index (κ3) is 3.79. The van der Waals surface area contributed by atoms with Gasteiger partial charge in [0.1, 0.15) is 0 Å². The molecule has 1 rings (SSSR count). The van der Waals surface area contributed by atoms with Gasteiger partial charge < -0.3 is 10.2 Å². The van der Waals surface area contributed by atoms with Crippen LogP contribution in [0.3, 0.4) is 0 Å². The lowest BCUT2D eigenvalue weighted by Gasteiger charge is -2.27. The minimum Gasteiger partial charge on any atom is -0.314 e. The molecule has 0 unspecified atom stereocenters. The van der Waals surface area contributed by atoms with Crippen molar-refractivity contribution in [1.29, 1.82) is 0 Å². The van der Waals surface area contributed by atoms with Crippen molar-refractivity contribution in [2.75, 3.05) is 40.0 Å². The third-order valence-corrected chi connectivity index (χ3v) is 4.55. The summed E-state index contributed by atoms with van der Waals surface area (Å²) in [6.45, 7) is 3.46. The summed E-state index contributed by atoms with van der Waals surface area (Å²) in [5.74, 6) is 0. The third-order valence-electron chi connectivity index (χ3n) is 3.13. The molecule has 14 heavy (non-hydrogen) atoms. The first-order valence-corrected chi connectivity index (χ1v) is 6.82. The Morgan fingerprint density at radius 1 is 1.29 bits per heavy atom. The standard InChI is InChI=1S/C11H24N2S/c1-13(2)9-8-12-10-11(14-3)6-4-5-7-11/h12H,4-10H2,1-3H3. The molecule has 2 nitrogen and oxygen atoms in total. The largest absolute Gasteiger partial charge is 0.314 e. The van der Waals surface area contributed by atoms with Crippen molar-refractivity contribution >= 4 is 11.8 Å². The van der Waals surface area contributed by atoms with Crippen molar-refractivity contribution < 1.29 is 0 Å². The Labute approximate surface area is 92.8 Å². The molecule has 84 valence electrons. The monoisotopic (exact) mass is 216 g/mol. The summed E-state index contributed by atoms with van der Waals surface area (Å²) in [6.07, 6.45) is 7.93. The van der Waals surface area contributed by atoms with Crippen LogP contribution in [0.2, 0.25) is 0 Å². The zero-order valence-corrected chi connectivity index (χ0v) is 10.6. The molecule has 1 aliphatic rings. The molecule has 0 aromatic carbocycles. The van der Waals surface area contributed by atoms with Crippen LogP contribution in [0, 0.1) is 0 Å². The molecule has 1 saturated carbocycles. The van der Waals surface area contributed by atoms with Gasteiger partial charge in [0.05, 0.1) is 0 Å². The molecule has 1 N–H and O–H groups in total. The van der Waals surface area contributed by atoms with Crippen LogP contribution in [0.25, 0.3) is 0 Å². The average Bonchev–Trinajstić information content (AvgIpc) is 2.62. The van der Waals surface area contributed by atoms with Gasteiger partial charge in [0.2, 0.25) is 0 Å². The van der Waals surface area contributed by atoms with E-state index in [1.54, 1.807) is 0 Å². The molecule has 0 aromatic heterocycles. The van der Waals surface area contributed by atoms with E-state index in [-0.39, 0.29) is 0 Å². The van der Waals surface area contributed by atoms with Crippen LogP contribution in [0.5, 0.6) is 0 Å². The molecule has 0 aromatic rings. The minimum absolute atomic E-state index is 0.562. The fourth-order valence-corrected chi connectivity index (χ4v) is 3.03. The molecule has 1 aliphatic carbocycles. The Bertz CT molecular complexity index is 153. The van der Waals surface area contributed by atoms with E-state index in [1.165, 1.54) is 32.2 Å². The van der Waals surface area contributed by atoms with Gasteiger partial charge in [-0.25, -0.2) is 0 Å². The first kappa shape index (κ1) is 12.3. The minimum atomic E-state index is 0.562. The second-order valence-corrected chi connectivity index (χ2v) is 5.85. The van der Waals surface area contributed by atoms with Crippen LogP contribution < -0.4 is 5.32 Å². The van der Waals surface area contributed by atoms with E-state index in [2.05, 4.69) is 42.3 Å². The van der Waals surface area contributed by atoms with Gasteiger partial charge in [-0.05, 0) is 33.2 Å². The van der Waals surface area contributed by atoms with Gasteiger partial charge in [0.15, 0.2) is 0 Å². The Morgan fingerprint density at radius 2 is 1.93 bits per heavy atom. The van der Waals surface area contributed by atoms with Crippen molar-refractivity contribution in [2.24, 2.45) is 0 Å². The van der Waals surface area contributed by atoms with Crippen molar-refractivity contribution in [3.63, 3.8) is 0 Å². The van der Waals surface area contributed by atoms with Crippen LogP contribution in [-0.4, -0.2) is 49.6 Å². The maximum atomic E-state index is 3.59. The maximum absolute atomic E-state index is 3.59. The quantitative estimate of drug-likeness (QED) is 0.682. The van der Waals surface area contributed by atoms with Crippen LogP contribution >= 0.6 is 11.8 Å². The molecule has 0 saturated heterocycles. The summed E-state index contributed by atoms with van der Waals surface area (Å²) < 4.78 is 0.562. The lowest BCUT2D eigenvalue weighted by atomic mass is 10.1. The molecule has 0 atom stereocenters. The van der Waals surface area contributed by atoms with Crippen molar-refractivity contribution in [1.82, 2.24) is 10.2 Å². The van der Waals surface area contributed by atoms with E-state index >= 15 is 0 Å². The predicted octanol–water partition coefficient (Wildman–Crippen LogP) is 1.81.